The van der Waals surface area contributed by atoms with E-state index in [0.29, 0.717) is 10.6 Å². The number of methoxy groups -OCH3 is 1. The van der Waals surface area contributed by atoms with Crippen molar-refractivity contribution >= 4 is 23.5 Å². The second-order valence-corrected chi connectivity index (χ2v) is 6.00. The lowest BCUT2D eigenvalue weighted by Gasteiger charge is -2.27. The van der Waals surface area contributed by atoms with Crippen molar-refractivity contribution in [3.8, 4) is 0 Å². The molecule has 1 aliphatic carbocycles. The van der Waals surface area contributed by atoms with E-state index in [2.05, 4.69) is 26.3 Å². The summed E-state index contributed by atoms with van der Waals surface area (Å²) in [5.41, 5.74) is 0.233. The second-order valence-electron chi connectivity index (χ2n) is 4.73. The van der Waals surface area contributed by atoms with E-state index in [1.54, 1.807) is 6.20 Å². The molecule has 1 aliphatic rings. The zero-order valence-corrected chi connectivity index (χ0v) is 12.1. The topological polar surface area (TPSA) is 64.1 Å². The summed E-state index contributed by atoms with van der Waals surface area (Å²) in [4.78, 5) is 19.6. The number of rotatable bonds is 5. The van der Waals surface area contributed by atoms with Crippen LogP contribution in [0, 0.1) is 0 Å². The van der Waals surface area contributed by atoms with Crippen LogP contribution in [0.4, 0.5) is 5.82 Å². The van der Waals surface area contributed by atoms with E-state index in [0.717, 1.165) is 6.54 Å². The zero-order valence-electron chi connectivity index (χ0n) is 11.3. The third-order valence-corrected chi connectivity index (χ3v) is 4.99. The third-order valence-electron chi connectivity index (χ3n) is 3.57. The Balaban J connectivity index is 2.01. The van der Waals surface area contributed by atoms with Gasteiger partial charge in [-0.05, 0) is 19.1 Å². The molecular weight excluding hydrogens is 262 g/mol. The van der Waals surface area contributed by atoms with Crippen molar-refractivity contribution in [2.75, 3.05) is 25.2 Å². The van der Waals surface area contributed by atoms with Gasteiger partial charge < -0.3 is 10.1 Å². The number of nitrogens with one attached hydrogen (secondary N) is 1. The second kappa shape index (κ2) is 6.23. The molecule has 1 saturated carbocycles. The third kappa shape index (κ3) is 3.37. The Labute approximate surface area is 117 Å². The van der Waals surface area contributed by atoms with E-state index >= 15 is 0 Å². The fraction of sp³-hybridized carbons (Fsp3) is 0.615. The van der Waals surface area contributed by atoms with Gasteiger partial charge in [0.05, 0.1) is 19.5 Å². The molecule has 0 aromatic carbocycles. The normalized spacial score (nSPS) is 17.2. The van der Waals surface area contributed by atoms with Crippen LogP contribution in [0.2, 0.25) is 0 Å². The number of carbonyl (C=O) groups is 1. The van der Waals surface area contributed by atoms with E-state index in [9.17, 15) is 4.79 Å². The first kappa shape index (κ1) is 14.1. The van der Waals surface area contributed by atoms with Crippen molar-refractivity contribution in [1.82, 2.24) is 9.97 Å². The lowest BCUT2D eigenvalue weighted by molar-refractivity contribution is 0.0593. The van der Waals surface area contributed by atoms with E-state index in [1.165, 1.54) is 39.0 Å². The van der Waals surface area contributed by atoms with Gasteiger partial charge in [-0.2, -0.15) is 11.8 Å². The van der Waals surface area contributed by atoms with Crippen LogP contribution in [0.3, 0.4) is 0 Å². The molecule has 0 saturated heterocycles. The lowest BCUT2D eigenvalue weighted by atomic mass is 10.1. The molecule has 1 N–H and O–H groups in total. The average molecular weight is 281 g/mol. The van der Waals surface area contributed by atoms with Gasteiger partial charge in [-0.15, -0.1) is 0 Å². The molecule has 19 heavy (non-hydrogen) atoms. The maximum Gasteiger partial charge on any atom is 0.358 e. The van der Waals surface area contributed by atoms with Crippen LogP contribution in [0.15, 0.2) is 12.4 Å². The summed E-state index contributed by atoms with van der Waals surface area (Å²) in [6.07, 6.45) is 10.2. The van der Waals surface area contributed by atoms with Gasteiger partial charge in [0.25, 0.3) is 0 Å². The van der Waals surface area contributed by atoms with Crippen LogP contribution in [-0.2, 0) is 4.74 Å². The highest BCUT2D eigenvalue weighted by Gasteiger charge is 2.32. The van der Waals surface area contributed by atoms with Gasteiger partial charge in [0.15, 0.2) is 5.69 Å². The first-order valence-corrected chi connectivity index (χ1v) is 7.61. The molecule has 1 aromatic rings. The molecule has 0 spiro atoms. The Morgan fingerprint density at radius 3 is 2.84 bits per heavy atom. The molecule has 0 unspecified atom stereocenters. The number of aromatic nitrogens is 2. The highest BCUT2D eigenvalue weighted by Crippen LogP contribution is 2.40. The maximum absolute atomic E-state index is 11.4. The SMILES string of the molecule is COC(=O)c1cncc(NCC2(SC)CCCC2)n1. The van der Waals surface area contributed by atoms with Gasteiger partial charge in [-0.25, -0.2) is 9.78 Å². The first-order chi connectivity index (χ1) is 9.19. The number of esters is 1. The van der Waals surface area contributed by atoms with Gasteiger partial charge in [0.1, 0.15) is 5.82 Å². The van der Waals surface area contributed by atoms with Crippen molar-refractivity contribution in [2.45, 2.75) is 30.4 Å². The Kier molecular flexibility index (Phi) is 4.63. The molecule has 1 heterocycles. The molecule has 0 atom stereocenters. The predicted molar refractivity (Wildman–Crippen MR) is 76.6 cm³/mol. The summed E-state index contributed by atoms with van der Waals surface area (Å²) in [5.74, 6) is 0.167. The molecule has 0 aliphatic heterocycles. The van der Waals surface area contributed by atoms with Crippen LogP contribution >= 0.6 is 11.8 Å². The smallest absolute Gasteiger partial charge is 0.358 e. The monoisotopic (exact) mass is 281 g/mol. The average Bonchev–Trinajstić information content (AvgIpc) is 2.94. The minimum atomic E-state index is -0.461. The minimum Gasteiger partial charge on any atom is -0.464 e. The number of anilines is 1. The van der Waals surface area contributed by atoms with Crippen LogP contribution in [0.1, 0.15) is 36.2 Å². The summed E-state index contributed by atoms with van der Waals surface area (Å²) >= 11 is 1.91. The van der Waals surface area contributed by atoms with E-state index in [-0.39, 0.29) is 5.69 Å². The Hall–Kier alpha value is -1.30. The highest BCUT2D eigenvalue weighted by molar-refractivity contribution is 8.00. The first-order valence-electron chi connectivity index (χ1n) is 6.38. The lowest BCUT2D eigenvalue weighted by Crippen LogP contribution is -2.30. The standard InChI is InChI=1S/C13H19N3O2S/c1-18-12(17)10-7-14-8-11(16-10)15-9-13(19-2)5-3-4-6-13/h7-8H,3-6,9H2,1-2H3,(H,15,16). The molecule has 6 heteroatoms. The van der Waals surface area contributed by atoms with Gasteiger partial charge in [-0.3, -0.25) is 4.98 Å². The quantitative estimate of drug-likeness (QED) is 0.836. The van der Waals surface area contributed by atoms with Crippen molar-refractivity contribution < 1.29 is 9.53 Å². The number of thioether (sulfide) groups is 1. The van der Waals surface area contributed by atoms with Gasteiger partial charge >= 0.3 is 5.97 Å². The van der Waals surface area contributed by atoms with Gasteiger partial charge in [0.2, 0.25) is 0 Å². The van der Waals surface area contributed by atoms with E-state index in [4.69, 9.17) is 0 Å². The molecule has 2 rings (SSSR count). The molecule has 0 radical (unpaired) electrons. The minimum absolute atomic E-state index is 0.233. The van der Waals surface area contributed by atoms with E-state index < -0.39 is 5.97 Å². The molecule has 0 amide bonds. The number of hydrogen-bond acceptors (Lipinski definition) is 6. The van der Waals surface area contributed by atoms with Gasteiger partial charge in [-0.1, -0.05) is 12.8 Å². The number of hydrogen-bond donors (Lipinski definition) is 1. The number of nitrogens with zero attached hydrogens (tertiary/aromatic N) is 2. The Morgan fingerprint density at radius 1 is 1.47 bits per heavy atom. The fourth-order valence-corrected chi connectivity index (χ4v) is 3.29. The molecule has 5 nitrogen and oxygen atoms in total. The molecule has 1 aromatic heterocycles. The summed E-state index contributed by atoms with van der Waals surface area (Å²) in [7, 11) is 1.34. The van der Waals surface area contributed by atoms with Crippen molar-refractivity contribution in [1.29, 1.82) is 0 Å². The molecular formula is C13H19N3O2S. The Bertz CT molecular complexity index is 447. The predicted octanol–water partition coefficient (Wildman–Crippen LogP) is 2.35. The van der Waals surface area contributed by atoms with Crippen molar-refractivity contribution in [3.63, 3.8) is 0 Å². The van der Waals surface area contributed by atoms with Crippen LogP contribution in [0.25, 0.3) is 0 Å². The van der Waals surface area contributed by atoms with Crippen molar-refractivity contribution in [3.05, 3.63) is 18.1 Å². The Morgan fingerprint density at radius 2 is 2.21 bits per heavy atom. The van der Waals surface area contributed by atoms with Crippen LogP contribution < -0.4 is 5.32 Å². The van der Waals surface area contributed by atoms with Crippen molar-refractivity contribution in [2.24, 2.45) is 0 Å². The van der Waals surface area contributed by atoms with Gasteiger partial charge in [0, 0.05) is 11.3 Å². The van der Waals surface area contributed by atoms with E-state index in [1.807, 2.05) is 11.8 Å². The molecule has 1 fully saturated rings. The highest BCUT2D eigenvalue weighted by atomic mass is 32.2. The molecule has 0 bridgehead atoms. The van der Waals surface area contributed by atoms with Crippen LogP contribution in [-0.4, -0.2) is 40.6 Å². The summed E-state index contributed by atoms with van der Waals surface area (Å²) < 4.78 is 4.93. The summed E-state index contributed by atoms with van der Waals surface area (Å²) in [5, 5.41) is 3.30. The maximum atomic E-state index is 11.4. The zero-order chi connectivity index (χ0) is 13.7. The fourth-order valence-electron chi connectivity index (χ4n) is 2.38. The summed E-state index contributed by atoms with van der Waals surface area (Å²) in [6, 6.07) is 0. The number of carbonyl (C=O) groups excluding carboxylic acids is 1. The number of ether oxygens (including phenoxy) is 1. The molecule has 104 valence electrons. The van der Waals surface area contributed by atoms with Crippen LogP contribution in [0.5, 0.6) is 0 Å². The summed E-state index contributed by atoms with van der Waals surface area (Å²) in [6.45, 7) is 0.855. The largest absolute Gasteiger partial charge is 0.464 e.